The average Bonchev–Trinajstić information content (AvgIpc) is 3.47. The van der Waals surface area contributed by atoms with Gasteiger partial charge in [-0.3, -0.25) is 9.69 Å². The Morgan fingerprint density at radius 1 is 1.00 bits per heavy atom. The molecule has 0 atom stereocenters. The second-order valence-electron chi connectivity index (χ2n) is 6.41. The summed E-state index contributed by atoms with van der Waals surface area (Å²) in [6.07, 6.45) is 0.773. The molecular formula is C23H20N2O2S2. The van der Waals surface area contributed by atoms with Gasteiger partial charge in [0.1, 0.15) is 5.75 Å². The fourth-order valence-corrected chi connectivity index (χ4v) is 4.52. The molecule has 29 heavy (non-hydrogen) atoms. The Labute approximate surface area is 178 Å². The molecule has 2 aromatic carbocycles. The van der Waals surface area contributed by atoms with Crippen LogP contribution in [0.3, 0.4) is 0 Å². The number of aromatic nitrogens is 1. The average molecular weight is 421 g/mol. The van der Waals surface area contributed by atoms with Crippen molar-refractivity contribution in [1.29, 1.82) is 0 Å². The molecule has 0 aliphatic rings. The molecule has 0 aliphatic carbocycles. The van der Waals surface area contributed by atoms with E-state index in [1.54, 1.807) is 12.0 Å². The number of carbonyl (C=O) groups is 1. The van der Waals surface area contributed by atoms with E-state index in [-0.39, 0.29) is 5.91 Å². The number of thiophene rings is 1. The summed E-state index contributed by atoms with van der Waals surface area (Å²) in [6, 6.07) is 21.8. The van der Waals surface area contributed by atoms with E-state index >= 15 is 0 Å². The van der Waals surface area contributed by atoms with Gasteiger partial charge in [0.2, 0.25) is 0 Å². The van der Waals surface area contributed by atoms with E-state index in [4.69, 9.17) is 9.72 Å². The zero-order chi connectivity index (χ0) is 20.1. The lowest BCUT2D eigenvalue weighted by Crippen LogP contribution is -2.32. The topological polar surface area (TPSA) is 42.4 Å². The number of methoxy groups -OCH3 is 1. The van der Waals surface area contributed by atoms with E-state index in [1.165, 1.54) is 28.2 Å². The first kappa shape index (κ1) is 19.4. The van der Waals surface area contributed by atoms with Crippen LogP contribution in [0.15, 0.2) is 77.5 Å². The van der Waals surface area contributed by atoms with Crippen molar-refractivity contribution in [3.05, 3.63) is 87.9 Å². The molecule has 0 saturated heterocycles. The fourth-order valence-electron chi connectivity index (χ4n) is 2.99. The minimum atomic E-state index is -0.00781. The van der Waals surface area contributed by atoms with Crippen molar-refractivity contribution in [2.75, 3.05) is 18.6 Å². The van der Waals surface area contributed by atoms with Gasteiger partial charge in [-0.15, -0.1) is 22.7 Å². The van der Waals surface area contributed by atoms with Gasteiger partial charge in [-0.05, 0) is 47.7 Å². The largest absolute Gasteiger partial charge is 0.497 e. The predicted octanol–water partition coefficient (Wildman–Crippen LogP) is 5.77. The maximum atomic E-state index is 13.1. The molecule has 4 nitrogen and oxygen atoms in total. The van der Waals surface area contributed by atoms with Crippen molar-refractivity contribution in [1.82, 2.24) is 4.98 Å². The van der Waals surface area contributed by atoms with Crippen molar-refractivity contribution >= 4 is 33.7 Å². The number of ether oxygens (including phenoxy) is 1. The van der Waals surface area contributed by atoms with Crippen LogP contribution in [0.25, 0.3) is 11.3 Å². The maximum Gasteiger partial charge on any atom is 0.270 e. The van der Waals surface area contributed by atoms with Gasteiger partial charge < -0.3 is 4.74 Å². The van der Waals surface area contributed by atoms with E-state index in [1.807, 2.05) is 65.4 Å². The van der Waals surface area contributed by atoms with E-state index in [0.717, 1.165) is 28.3 Å². The summed E-state index contributed by atoms with van der Waals surface area (Å²) in [5.74, 6) is 0.799. The molecule has 0 spiro atoms. The molecule has 0 bridgehead atoms. The molecule has 0 N–H and O–H groups in total. The smallest absolute Gasteiger partial charge is 0.270 e. The molecule has 0 radical (unpaired) electrons. The molecule has 0 saturated carbocycles. The number of hydrogen-bond donors (Lipinski definition) is 0. The Morgan fingerprint density at radius 3 is 2.48 bits per heavy atom. The summed E-state index contributed by atoms with van der Waals surface area (Å²) >= 11 is 2.95. The fraction of sp³-hybridized carbons (Fsp3) is 0.130. The van der Waals surface area contributed by atoms with Crippen LogP contribution >= 0.6 is 22.7 Å². The molecular weight excluding hydrogens is 400 g/mol. The van der Waals surface area contributed by atoms with Crippen LogP contribution in [0.2, 0.25) is 0 Å². The van der Waals surface area contributed by atoms with Gasteiger partial charge >= 0.3 is 0 Å². The van der Waals surface area contributed by atoms with E-state index < -0.39 is 0 Å². The summed E-state index contributed by atoms with van der Waals surface area (Å²) in [7, 11) is 1.65. The summed E-state index contributed by atoms with van der Waals surface area (Å²) in [6.45, 7) is 0.580. The standard InChI is InChI=1S/C23H20N2O2S2/c1-27-19-11-9-18(10-12-19)20-16-29-23(24-20)25(22(26)21-8-5-15-28-21)14-13-17-6-3-2-4-7-17/h2-12,15-16H,13-14H2,1H3. The van der Waals surface area contributed by atoms with Crippen molar-refractivity contribution in [2.24, 2.45) is 0 Å². The normalized spacial score (nSPS) is 10.7. The Kier molecular flexibility index (Phi) is 6.03. The third-order valence-corrected chi connectivity index (χ3v) is 6.27. The summed E-state index contributed by atoms with van der Waals surface area (Å²) < 4.78 is 5.23. The lowest BCUT2D eigenvalue weighted by molar-refractivity contribution is 0.0991. The van der Waals surface area contributed by atoms with Gasteiger partial charge in [-0.2, -0.15) is 0 Å². The number of anilines is 1. The number of amides is 1. The van der Waals surface area contributed by atoms with Crippen LogP contribution in [-0.2, 0) is 6.42 Å². The number of thiazole rings is 1. The lowest BCUT2D eigenvalue weighted by Gasteiger charge is -2.19. The van der Waals surface area contributed by atoms with Crippen molar-refractivity contribution < 1.29 is 9.53 Å². The van der Waals surface area contributed by atoms with Gasteiger partial charge in [-0.25, -0.2) is 4.98 Å². The van der Waals surface area contributed by atoms with Crippen LogP contribution in [0.1, 0.15) is 15.2 Å². The summed E-state index contributed by atoms with van der Waals surface area (Å²) in [5.41, 5.74) is 3.06. The van der Waals surface area contributed by atoms with Crippen molar-refractivity contribution in [3.8, 4) is 17.0 Å². The van der Waals surface area contributed by atoms with E-state index in [0.29, 0.717) is 11.7 Å². The lowest BCUT2D eigenvalue weighted by atomic mass is 10.1. The molecule has 0 aliphatic heterocycles. The van der Waals surface area contributed by atoms with Crippen molar-refractivity contribution in [3.63, 3.8) is 0 Å². The number of hydrogen-bond acceptors (Lipinski definition) is 5. The molecule has 146 valence electrons. The second kappa shape index (κ2) is 9.03. The highest BCUT2D eigenvalue weighted by Gasteiger charge is 2.21. The summed E-state index contributed by atoms with van der Waals surface area (Å²) in [4.78, 5) is 20.4. The molecule has 6 heteroatoms. The van der Waals surface area contributed by atoms with Crippen LogP contribution in [-0.4, -0.2) is 24.5 Å². The zero-order valence-electron chi connectivity index (χ0n) is 15.9. The minimum Gasteiger partial charge on any atom is -0.497 e. The first-order valence-electron chi connectivity index (χ1n) is 9.24. The zero-order valence-corrected chi connectivity index (χ0v) is 17.6. The third kappa shape index (κ3) is 4.55. The highest BCUT2D eigenvalue weighted by molar-refractivity contribution is 7.14. The Hall–Kier alpha value is -2.96. The van der Waals surface area contributed by atoms with E-state index in [2.05, 4.69) is 12.1 Å². The molecule has 2 heterocycles. The monoisotopic (exact) mass is 420 g/mol. The van der Waals surface area contributed by atoms with Gasteiger partial charge in [0.05, 0.1) is 17.7 Å². The second-order valence-corrected chi connectivity index (χ2v) is 8.20. The highest BCUT2D eigenvalue weighted by Crippen LogP contribution is 2.30. The predicted molar refractivity (Wildman–Crippen MR) is 120 cm³/mol. The van der Waals surface area contributed by atoms with Crippen molar-refractivity contribution in [2.45, 2.75) is 6.42 Å². The first-order chi connectivity index (χ1) is 14.2. The molecule has 1 amide bonds. The van der Waals surface area contributed by atoms with Gasteiger partial charge in [0.25, 0.3) is 5.91 Å². The number of nitrogens with zero attached hydrogens (tertiary/aromatic N) is 2. The Balaban J connectivity index is 1.60. The van der Waals surface area contributed by atoms with Crippen LogP contribution < -0.4 is 9.64 Å². The molecule has 4 aromatic rings. The maximum absolute atomic E-state index is 13.1. The minimum absolute atomic E-state index is 0.00781. The van der Waals surface area contributed by atoms with Gasteiger partial charge in [0.15, 0.2) is 5.13 Å². The highest BCUT2D eigenvalue weighted by atomic mass is 32.1. The van der Waals surface area contributed by atoms with Gasteiger partial charge in [-0.1, -0.05) is 36.4 Å². The SMILES string of the molecule is COc1ccc(-c2csc(N(CCc3ccccc3)C(=O)c3cccs3)n2)cc1. The third-order valence-electron chi connectivity index (χ3n) is 4.55. The van der Waals surface area contributed by atoms with Gasteiger partial charge in [0, 0.05) is 17.5 Å². The summed E-state index contributed by atoms with van der Waals surface area (Å²) in [5, 5.41) is 4.63. The van der Waals surface area contributed by atoms with Crippen LogP contribution in [0.5, 0.6) is 5.75 Å². The first-order valence-corrected chi connectivity index (χ1v) is 11.0. The van der Waals surface area contributed by atoms with Crippen LogP contribution in [0, 0.1) is 0 Å². The number of carbonyl (C=O) groups excluding carboxylic acids is 1. The quantitative estimate of drug-likeness (QED) is 0.381. The number of benzene rings is 2. The Bertz CT molecular complexity index is 1060. The number of rotatable bonds is 7. The molecule has 4 rings (SSSR count). The molecule has 2 aromatic heterocycles. The molecule has 0 unspecified atom stereocenters. The van der Waals surface area contributed by atoms with Crippen LogP contribution in [0.4, 0.5) is 5.13 Å². The van der Waals surface area contributed by atoms with E-state index in [9.17, 15) is 4.79 Å². The Morgan fingerprint density at radius 2 is 1.79 bits per heavy atom. The molecule has 0 fully saturated rings.